The summed E-state index contributed by atoms with van der Waals surface area (Å²) < 4.78 is 0. The molecule has 0 atom stereocenters. The molecule has 0 saturated heterocycles. The maximum atomic E-state index is 8.68. The van der Waals surface area contributed by atoms with E-state index in [0.29, 0.717) is 23.8 Å². The van der Waals surface area contributed by atoms with Gasteiger partial charge in [0.05, 0.1) is 6.61 Å². The molecule has 0 aromatic carbocycles. The van der Waals surface area contributed by atoms with E-state index in [1.54, 1.807) is 0 Å². The van der Waals surface area contributed by atoms with Gasteiger partial charge in [-0.3, -0.25) is 0 Å². The zero-order valence-electron chi connectivity index (χ0n) is 9.72. The van der Waals surface area contributed by atoms with Gasteiger partial charge in [0.2, 0.25) is 0 Å². The van der Waals surface area contributed by atoms with Crippen LogP contribution in [-0.4, -0.2) is 24.8 Å². The number of nitrogens with one attached hydrogen (secondary N) is 1. The Morgan fingerprint density at radius 1 is 1.15 bits per heavy atom. The first kappa shape index (κ1) is 12.9. The summed E-state index contributed by atoms with van der Waals surface area (Å²) in [5.41, 5.74) is 0.329. The zero-order chi connectivity index (χ0) is 10.5. The highest BCUT2D eigenvalue weighted by atomic mass is 16.3. The second kappa shape index (κ2) is 5.61. The van der Waals surface area contributed by atoms with Crippen molar-refractivity contribution in [1.29, 1.82) is 0 Å². The first-order valence-corrected chi connectivity index (χ1v) is 5.26. The van der Waals surface area contributed by atoms with Crippen LogP contribution in [0.15, 0.2) is 0 Å². The first-order valence-electron chi connectivity index (χ1n) is 5.26. The van der Waals surface area contributed by atoms with E-state index in [1.165, 1.54) is 0 Å². The van der Waals surface area contributed by atoms with Gasteiger partial charge in [-0.25, -0.2) is 0 Å². The van der Waals surface area contributed by atoms with Gasteiger partial charge in [0.15, 0.2) is 0 Å². The standard InChI is InChI=1S/C11H25NO/c1-9(2)11(5,10(3)4)8-12-6-7-13/h9-10,12-13H,6-8H2,1-5H3. The average Bonchev–Trinajstić information content (AvgIpc) is 2.03. The lowest BCUT2D eigenvalue weighted by Gasteiger charge is -2.38. The molecule has 0 bridgehead atoms. The fourth-order valence-corrected chi connectivity index (χ4v) is 1.51. The maximum Gasteiger partial charge on any atom is 0.0555 e. The Morgan fingerprint density at radius 3 is 1.92 bits per heavy atom. The molecule has 2 heteroatoms. The summed E-state index contributed by atoms with van der Waals surface area (Å²) in [5.74, 6) is 1.33. The fourth-order valence-electron chi connectivity index (χ4n) is 1.51. The molecule has 2 N–H and O–H groups in total. The summed E-state index contributed by atoms with van der Waals surface area (Å²) in [6, 6.07) is 0. The Kier molecular flexibility index (Phi) is 5.57. The predicted molar refractivity (Wildman–Crippen MR) is 57.7 cm³/mol. The van der Waals surface area contributed by atoms with E-state index < -0.39 is 0 Å². The van der Waals surface area contributed by atoms with Gasteiger partial charge >= 0.3 is 0 Å². The van der Waals surface area contributed by atoms with Crippen LogP contribution < -0.4 is 5.32 Å². The molecule has 0 amide bonds. The summed E-state index contributed by atoms with van der Waals surface area (Å²) in [6.07, 6.45) is 0. The van der Waals surface area contributed by atoms with Gasteiger partial charge in [-0.2, -0.15) is 0 Å². The molecule has 0 radical (unpaired) electrons. The highest BCUT2D eigenvalue weighted by Gasteiger charge is 2.31. The van der Waals surface area contributed by atoms with Crippen molar-refractivity contribution in [1.82, 2.24) is 5.32 Å². The lowest BCUT2D eigenvalue weighted by molar-refractivity contribution is 0.131. The normalized spacial score (nSPS) is 12.9. The average molecular weight is 187 g/mol. The largest absolute Gasteiger partial charge is 0.395 e. The number of hydrogen-bond donors (Lipinski definition) is 2. The second-order valence-corrected chi connectivity index (χ2v) is 4.72. The molecular weight excluding hydrogens is 162 g/mol. The molecule has 13 heavy (non-hydrogen) atoms. The smallest absolute Gasteiger partial charge is 0.0555 e. The van der Waals surface area contributed by atoms with Gasteiger partial charge in [0.25, 0.3) is 0 Å². The number of rotatable bonds is 6. The van der Waals surface area contributed by atoms with Crippen molar-refractivity contribution in [2.45, 2.75) is 34.6 Å². The number of aliphatic hydroxyl groups excluding tert-OH is 1. The van der Waals surface area contributed by atoms with E-state index in [4.69, 9.17) is 5.11 Å². The topological polar surface area (TPSA) is 32.3 Å². The molecule has 0 aromatic heterocycles. The molecule has 0 heterocycles. The third kappa shape index (κ3) is 3.65. The SMILES string of the molecule is CC(C)C(C)(CNCCO)C(C)C. The van der Waals surface area contributed by atoms with Crippen LogP contribution in [0.25, 0.3) is 0 Å². The van der Waals surface area contributed by atoms with Crippen molar-refractivity contribution in [2.24, 2.45) is 17.3 Å². The van der Waals surface area contributed by atoms with Gasteiger partial charge in [-0.15, -0.1) is 0 Å². The quantitative estimate of drug-likeness (QED) is 0.622. The summed E-state index contributed by atoms with van der Waals surface area (Å²) in [6.45, 7) is 13.3. The summed E-state index contributed by atoms with van der Waals surface area (Å²) >= 11 is 0. The molecule has 80 valence electrons. The van der Waals surface area contributed by atoms with Crippen LogP contribution in [0, 0.1) is 17.3 Å². The van der Waals surface area contributed by atoms with Crippen LogP contribution in [0.4, 0.5) is 0 Å². The maximum absolute atomic E-state index is 8.68. The van der Waals surface area contributed by atoms with E-state index >= 15 is 0 Å². The fraction of sp³-hybridized carbons (Fsp3) is 1.00. The molecule has 0 rings (SSSR count). The Balaban J connectivity index is 4.09. The Bertz CT molecular complexity index is 124. The van der Waals surface area contributed by atoms with E-state index in [2.05, 4.69) is 39.9 Å². The lowest BCUT2D eigenvalue weighted by Crippen LogP contribution is -2.41. The van der Waals surface area contributed by atoms with Crippen LogP contribution in [0.1, 0.15) is 34.6 Å². The molecule has 0 aliphatic carbocycles. The van der Waals surface area contributed by atoms with Crippen molar-refractivity contribution in [3.8, 4) is 0 Å². The van der Waals surface area contributed by atoms with Gasteiger partial charge < -0.3 is 10.4 Å². The van der Waals surface area contributed by atoms with Crippen LogP contribution in [0.5, 0.6) is 0 Å². The van der Waals surface area contributed by atoms with E-state index in [9.17, 15) is 0 Å². The molecule has 0 fully saturated rings. The molecule has 0 aliphatic heterocycles. The van der Waals surface area contributed by atoms with Gasteiger partial charge in [-0.05, 0) is 17.3 Å². The third-order valence-corrected chi connectivity index (χ3v) is 3.43. The number of hydrogen-bond acceptors (Lipinski definition) is 2. The summed E-state index contributed by atoms with van der Waals surface area (Å²) in [4.78, 5) is 0. The van der Waals surface area contributed by atoms with Gasteiger partial charge in [0, 0.05) is 13.1 Å². The first-order chi connectivity index (χ1) is 5.95. The van der Waals surface area contributed by atoms with Gasteiger partial charge in [0.1, 0.15) is 0 Å². The van der Waals surface area contributed by atoms with Crippen molar-refractivity contribution in [3.05, 3.63) is 0 Å². The second-order valence-electron chi connectivity index (χ2n) is 4.72. The van der Waals surface area contributed by atoms with Crippen LogP contribution >= 0.6 is 0 Å². The van der Waals surface area contributed by atoms with Crippen molar-refractivity contribution < 1.29 is 5.11 Å². The number of aliphatic hydroxyl groups is 1. The highest BCUT2D eigenvalue weighted by Crippen LogP contribution is 2.34. The zero-order valence-corrected chi connectivity index (χ0v) is 9.72. The minimum Gasteiger partial charge on any atom is -0.395 e. The lowest BCUT2D eigenvalue weighted by atomic mass is 9.70. The molecule has 0 aromatic rings. The minimum atomic E-state index is 0.228. The Morgan fingerprint density at radius 2 is 1.62 bits per heavy atom. The van der Waals surface area contributed by atoms with Crippen LogP contribution in [-0.2, 0) is 0 Å². The minimum absolute atomic E-state index is 0.228. The molecular formula is C11H25NO. The predicted octanol–water partition coefficient (Wildman–Crippen LogP) is 1.89. The van der Waals surface area contributed by atoms with E-state index in [-0.39, 0.29) is 6.61 Å². The Hall–Kier alpha value is -0.0800. The Labute approximate surface area is 82.7 Å². The van der Waals surface area contributed by atoms with E-state index in [0.717, 1.165) is 6.54 Å². The monoisotopic (exact) mass is 187 g/mol. The van der Waals surface area contributed by atoms with Crippen molar-refractivity contribution in [2.75, 3.05) is 19.7 Å². The van der Waals surface area contributed by atoms with Crippen molar-refractivity contribution in [3.63, 3.8) is 0 Å². The van der Waals surface area contributed by atoms with Crippen molar-refractivity contribution >= 4 is 0 Å². The summed E-state index contributed by atoms with van der Waals surface area (Å²) in [7, 11) is 0. The van der Waals surface area contributed by atoms with Crippen LogP contribution in [0.2, 0.25) is 0 Å². The molecule has 0 spiro atoms. The highest BCUT2D eigenvalue weighted by molar-refractivity contribution is 4.82. The molecule has 0 saturated carbocycles. The molecule has 0 aliphatic rings. The van der Waals surface area contributed by atoms with Gasteiger partial charge in [-0.1, -0.05) is 34.6 Å². The molecule has 2 nitrogen and oxygen atoms in total. The molecule has 0 unspecified atom stereocenters. The third-order valence-electron chi connectivity index (χ3n) is 3.43. The van der Waals surface area contributed by atoms with E-state index in [1.807, 2.05) is 0 Å². The van der Waals surface area contributed by atoms with Crippen LogP contribution in [0.3, 0.4) is 0 Å². The summed E-state index contributed by atoms with van der Waals surface area (Å²) in [5, 5.41) is 12.0.